The molecule has 5 rings (SSSR count). The Labute approximate surface area is 189 Å². The fourth-order valence-corrected chi connectivity index (χ4v) is 5.11. The van der Waals surface area contributed by atoms with Crippen molar-refractivity contribution in [2.24, 2.45) is 0 Å². The molecule has 2 aliphatic heterocycles. The summed E-state index contributed by atoms with van der Waals surface area (Å²) >= 11 is 0. The molecule has 3 aromatic rings. The van der Waals surface area contributed by atoms with E-state index in [0.29, 0.717) is 11.3 Å². The van der Waals surface area contributed by atoms with Gasteiger partial charge in [-0.2, -0.15) is 0 Å². The molecule has 0 aromatic heterocycles. The largest absolute Gasteiger partial charge is 0.346 e. The van der Waals surface area contributed by atoms with Crippen LogP contribution in [-0.2, 0) is 0 Å². The molecule has 8 nitrogen and oxygen atoms in total. The van der Waals surface area contributed by atoms with Crippen molar-refractivity contribution in [3.05, 3.63) is 122 Å². The molecule has 2 aliphatic rings. The number of hydrogen-bond donors (Lipinski definition) is 0. The highest BCUT2D eigenvalue weighted by Gasteiger charge is 2.60. The molecule has 0 spiro atoms. The first-order valence-electron chi connectivity index (χ1n) is 10.5. The van der Waals surface area contributed by atoms with Crippen LogP contribution in [0, 0.1) is 20.2 Å². The first-order valence-corrected chi connectivity index (χ1v) is 10.5. The van der Waals surface area contributed by atoms with Crippen molar-refractivity contribution in [2.45, 2.75) is 24.0 Å². The van der Waals surface area contributed by atoms with E-state index >= 15 is 0 Å². The van der Waals surface area contributed by atoms with E-state index in [-0.39, 0.29) is 17.0 Å². The number of benzene rings is 3. The van der Waals surface area contributed by atoms with E-state index in [1.165, 1.54) is 18.2 Å². The minimum Gasteiger partial charge on any atom is -0.346 e. The van der Waals surface area contributed by atoms with Gasteiger partial charge in [0.25, 0.3) is 5.69 Å². The van der Waals surface area contributed by atoms with Gasteiger partial charge in [-0.15, -0.1) is 0 Å². The average Bonchev–Trinajstić information content (AvgIpc) is 3.20. The number of fused-ring (bicyclic) bond motifs is 3. The summed E-state index contributed by atoms with van der Waals surface area (Å²) in [6.07, 6.45) is 3.55. The van der Waals surface area contributed by atoms with Gasteiger partial charge in [0, 0.05) is 27.8 Å². The van der Waals surface area contributed by atoms with Gasteiger partial charge in [0.15, 0.2) is 5.78 Å². The zero-order chi connectivity index (χ0) is 23.1. The van der Waals surface area contributed by atoms with Crippen molar-refractivity contribution in [3.63, 3.8) is 0 Å². The number of carbonyl (C=O) groups excluding carboxylic acids is 1. The maximum absolute atomic E-state index is 13.9. The van der Waals surface area contributed by atoms with Gasteiger partial charge in [0.1, 0.15) is 12.1 Å². The molecule has 0 aliphatic carbocycles. The molecule has 0 bridgehead atoms. The number of para-hydroxylation sites is 2. The molecule has 33 heavy (non-hydrogen) atoms. The molecule has 4 atom stereocenters. The van der Waals surface area contributed by atoms with Crippen LogP contribution in [0.1, 0.15) is 27.4 Å². The summed E-state index contributed by atoms with van der Waals surface area (Å²) in [5.74, 6) is -1.33. The number of ketones is 1. The van der Waals surface area contributed by atoms with E-state index in [4.69, 9.17) is 0 Å². The fraction of sp³-hybridized carbons (Fsp3) is 0.160. The summed E-state index contributed by atoms with van der Waals surface area (Å²) in [7, 11) is 0. The molecule has 0 amide bonds. The van der Waals surface area contributed by atoms with Crippen LogP contribution in [0.4, 0.5) is 11.4 Å². The molecule has 1 fully saturated rings. The van der Waals surface area contributed by atoms with Gasteiger partial charge in [-0.25, -0.2) is 0 Å². The third kappa shape index (κ3) is 3.27. The lowest BCUT2D eigenvalue weighted by Gasteiger charge is -2.34. The van der Waals surface area contributed by atoms with Crippen molar-refractivity contribution in [1.29, 1.82) is 0 Å². The average molecular weight is 441 g/mol. The Morgan fingerprint density at radius 1 is 0.848 bits per heavy atom. The Bertz CT molecular complexity index is 1290. The van der Waals surface area contributed by atoms with Gasteiger partial charge >= 0.3 is 0 Å². The van der Waals surface area contributed by atoms with Crippen LogP contribution >= 0.6 is 0 Å². The molecule has 8 heteroatoms. The molecule has 164 valence electrons. The number of nitrogens with zero attached hydrogens (tertiary/aromatic N) is 3. The molecular weight excluding hydrogens is 422 g/mol. The zero-order valence-corrected chi connectivity index (χ0v) is 17.4. The summed E-state index contributed by atoms with van der Waals surface area (Å²) in [5.41, 5.74) is 1.91. The van der Waals surface area contributed by atoms with E-state index in [9.17, 15) is 25.0 Å². The zero-order valence-electron chi connectivity index (χ0n) is 17.4. The van der Waals surface area contributed by atoms with E-state index in [1.54, 1.807) is 47.4 Å². The second-order valence-electron chi connectivity index (χ2n) is 8.11. The van der Waals surface area contributed by atoms with Crippen LogP contribution in [0.5, 0.6) is 0 Å². The minimum atomic E-state index is -1.24. The smallest absolute Gasteiger partial charge is 0.273 e. The molecule has 3 aromatic carbocycles. The van der Waals surface area contributed by atoms with Crippen molar-refractivity contribution < 1.29 is 14.6 Å². The van der Waals surface area contributed by atoms with Crippen LogP contribution in [0.15, 0.2) is 84.9 Å². The minimum absolute atomic E-state index is 0.193. The second-order valence-corrected chi connectivity index (χ2v) is 8.11. The van der Waals surface area contributed by atoms with Crippen LogP contribution in [-0.4, -0.2) is 33.8 Å². The van der Waals surface area contributed by atoms with Crippen LogP contribution in [0.25, 0.3) is 6.08 Å². The molecule has 0 saturated carbocycles. The SMILES string of the molecule is O=C(c1ccccc1)[C@@H]1[C@@H](c2ccccc2[N+](=O)[O-])[C@H]([N+](=O)[O-])[C@H]2C=Cc3ccccc3N21. The first-order chi connectivity index (χ1) is 16.0. The normalized spacial score (nSPS) is 23.0. The van der Waals surface area contributed by atoms with E-state index in [1.807, 2.05) is 30.3 Å². The Morgan fingerprint density at radius 2 is 1.52 bits per heavy atom. The highest BCUT2D eigenvalue weighted by Crippen LogP contribution is 2.48. The number of hydrogen-bond acceptors (Lipinski definition) is 6. The van der Waals surface area contributed by atoms with Crippen molar-refractivity contribution in [1.82, 2.24) is 0 Å². The number of Topliss-reactive ketones (excluding diaryl/α,β-unsaturated/α-hetero) is 1. The summed E-state index contributed by atoms with van der Waals surface area (Å²) in [4.78, 5) is 39.0. The van der Waals surface area contributed by atoms with Crippen molar-refractivity contribution in [2.75, 3.05) is 4.90 Å². The summed E-state index contributed by atoms with van der Waals surface area (Å²) in [6, 6.07) is 19.0. The topological polar surface area (TPSA) is 107 Å². The quantitative estimate of drug-likeness (QED) is 0.328. The van der Waals surface area contributed by atoms with E-state index in [0.717, 1.165) is 5.56 Å². The molecule has 2 heterocycles. The molecule has 0 radical (unpaired) electrons. The Morgan fingerprint density at radius 3 is 2.24 bits per heavy atom. The lowest BCUT2D eigenvalue weighted by atomic mass is 9.83. The monoisotopic (exact) mass is 441 g/mol. The molecular formula is C25H19N3O5. The Hall–Kier alpha value is -4.33. The van der Waals surface area contributed by atoms with Gasteiger partial charge < -0.3 is 4.90 Å². The van der Waals surface area contributed by atoms with Gasteiger partial charge in [-0.05, 0) is 11.6 Å². The lowest BCUT2D eigenvalue weighted by Crippen LogP contribution is -2.44. The van der Waals surface area contributed by atoms with E-state index < -0.39 is 33.9 Å². The number of carbonyl (C=O) groups is 1. The summed E-state index contributed by atoms with van der Waals surface area (Å²) < 4.78 is 0. The standard InChI is InChI=1S/C25H19N3O5/c29-25(17-9-2-1-3-10-17)24-22(18-11-5-7-13-20(18)27(30)31)23(28(32)33)21-15-14-16-8-4-6-12-19(16)26(21)24/h1-15,21-24H/t21-,22+,23-,24+/m1/s1. The second kappa shape index (κ2) is 7.98. The number of rotatable bonds is 5. The van der Waals surface area contributed by atoms with Gasteiger partial charge in [0.05, 0.1) is 10.8 Å². The van der Waals surface area contributed by atoms with Crippen molar-refractivity contribution >= 4 is 23.2 Å². The number of nitro groups is 2. The summed E-state index contributed by atoms with van der Waals surface area (Å²) in [6.45, 7) is 0. The van der Waals surface area contributed by atoms with Crippen LogP contribution in [0.2, 0.25) is 0 Å². The Balaban J connectivity index is 1.77. The predicted molar refractivity (Wildman–Crippen MR) is 123 cm³/mol. The van der Waals surface area contributed by atoms with Gasteiger partial charge in [0.2, 0.25) is 6.04 Å². The maximum Gasteiger partial charge on any atom is 0.273 e. The third-order valence-electron chi connectivity index (χ3n) is 6.43. The lowest BCUT2D eigenvalue weighted by molar-refractivity contribution is -0.524. The fourth-order valence-electron chi connectivity index (χ4n) is 5.11. The molecule has 0 N–H and O–H groups in total. The van der Waals surface area contributed by atoms with Crippen molar-refractivity contribution in [3.8, 4) is 0 Å². The maximum atomic E-state index is 13.9. The van der Waals surface area contributed by atoms with E-state index in [2.05, 4.69) is 0 Å². The predicted octanol–water partition coefficient (Wildman–Crippen LogP) is 4.49. The Kier molecular flexibility index (Phi) is 4.97. The van der Waals surface area contributed by atoms with Gasteiger partial charge in [-0.3, -0.25) is 25.0 Å². The summed E-state index contributed by atoms with van der Waals surface area (Å²) in [5, 5.41) is 24.2. The molecule has 0 unspecified atom stereocenters. The highest BCUT2D eigenvalue weighted by atomic mass is 16.6. The number of anilines is 1. The first kappa shape index (κ1) is 20.6. The van der Waals surface area contributed by atoms with Gasteiger partial charge in [-0.1, -0.05) is 78.9 Å². The molecule has 1 saturated heterocycles. The highest BCUT2D eigenvalue weighted by molar-refractivity contribution is 6.04. The van der Waals surface area contributed by atoms with Crippen LogP contribution in [0.3, 0.4) is 0 Å². The number of nitro benzene ring substituents is 1. The third-order valence-corrected chi connectivity index (χ3v) is 6.43. The van der Waals surface area contributed by atoms with Crippen LogP contribution < -0.4 is 4.90 Å².